The molecule has 6 nitrogen and oxygen atoms in total. The molecule has 0 bridgehead atoms. The maximum Gasteiger partial charge on any atom is 0.263 e. The Morgan fingerprint density at radius 1 is 1.42 bits per heavy atom. The molecule has 0 aliphatic carbocycles. The molecule has 2 aromatic rings. The first-order valence-corrected chi connectivity index (χ1v) is 7.29. The van der Waals surface area contributed by atoms with Crippen LogP contribution in [0.4, 0.5) is 5.82 Å². The highest BCUT2D eigenvalue weighted by Crippen LogP contribution is 2.22. The number of hydrogen-bond acceptors (Lipinski definition) is 4. The fourth-order valence-electron chi connectivity index (χ4n) is 1.53. The molecule has 0 radical (unpaired) electrons. The number of rotatable bonds is 4. The van der Waals surface area contributed by atoms with Gasteiger partial charge < -0.3 is 5.73 Å². The molecular weight excluding hydrogens is 288 g/mol. The van der Waals surface area contributed by atoms with E-state index in [9.17, 15) is 8.42 Å². The van der Waals surface area contributed by atoms with Crippen molar-refractivity contribution in [2.24, 2.45) is 12.8 Å². The van der Waals surface area contributed by atoms with Crippen LogP contribution in [-0.2, 0) is 23.6 Å². The number of aryl methyl sites for hydroxylation is 1. The van der Waals surface area contributed by atoms with Gasteiger partial charge in [0.1, 0.15) is 5.82 Å². The minimum Gasteiger partial charge on any atom is -0.326 e. The van der Waals surface area contributed by atoms with Gasteiger partial charge in [-0.05, 0) is 17.7 Å². The Labute approximate surface area is 116 Å². The Balaban J connectivity index is 2.35. The quantitative estimate of drug-likeness (QED) is 0.891. The lowest BCUT2D eigenvalue weighted by atomic mass is 10.2. The first-order valence-electron chi connectivity index (χ1n) is 5.43. The zero-order valence-electron chi connectivity index (χ0n) is 10.2. The summed E-state index contributed by atoms with van der Waals surface area (Å²) in [5.74, 6) is 0.374. The van der Waals surface area contributed by atoms with Gasteiger partial charge in [0.25, 0.3) is 10.0 Å². The number of halogens is 1. The second kappa shape index (κ2) is 5.20. The number of sulfonamides is 1. The van der Waals surface area contributed by atoms with Gasteiger partial charge in [0.05, 0.1) is 11.1 Å². The summed E-state index contributed by atoms with van der Waals surface area (Å²) < 4.78 is 28.2. The lowest BCUT2D eigenvalue weighted by molar-refractivity contribution is 0.600. The number of hydrogen-bond donors (Lipinski definition) is 2. The van der Waals surface area contributed by atoms with E-state index in [0.717, 1.165) is 0 Å². The second-order valence-corrected chi connectivity index (χ2v) is 5.99. The summed E-state index contributed by atoms with van der Waals surface area (Å²) >= 11 is 5.96. The van der Waals surface area contributed by atoms with E-state index in [0.29, 0.717) is 16.4 Å². The Bertz CT molecular complexity index is 696. The van der Waals surface area contributed by atoms with Crippen molar-refractivity contribution in [1.82, 2.24) is 9.78 Å². The van der Waals surface area contributed by atoms with Gasteiger partial charge in [-0.3, -0.25) is 9.40 Å². The van der Waals surface area contributed by atoms with Crippen molar-refractivity contribution in [1.29, 1.82) is 0 Å². The van der Waals surface area contributed by atoms with Crippen molar-refractivity contribution in [3.8, 4) is 0 Å². The summed E-state index contributed by atoms with van der Waals surface area (Å²) in [6.45, 7) is 0.258. The number of nitrogens with one attached hydrogen (secondary N) is 1. The molecule has 0 saturated carbocycles. The lowest BCUT2D eigenvalue weighted by Crippen LogP contribution is -2.15. The molecule has 1 heterocycles. The summed E-state index contributed by atoms with van der Waals surface area (Å²) in [5, 5.41) is 4.22. The number of aromatic nitrogens is 2. The Morgan fingerprint density at radius 3 is 2.68 bits per heavy atom. The third-order valence-electron chi connectivity index (χ3n) is 2.61. The van der Waals surface area contributed by atoms with Crippen molar-refractivity contribution >= 4 is 27.4 Å². The highest BCUT2D eigenvalue weighted by atomic mass is 35.5. The normalized spacial score (nSPS) is 11.5. The van der Waals surface area contributed by atoms with Crippen LogP contribution in [0.2, 0.25) is 5.02 Å². The van der Waals surface area contributed by atoms with E-state index in [-0.39, 0.29) is 11.4 Å². The van der Waals surface area contributed by atoms with Gasteiger partial charge in [-0.25, -0.2) is 8.42 Å². The van der Waals surface area contributed by atoms with Crippen LogP contribution in [0.5, 0.6) is 0 Å². The molecule has 0 atom stereocenters. The summed E-state index contributed by atoms with van der Waals surface area (Å²) in [5.41, 5.74) is 6.17. The van der Waals surface area contributed by atoms with Gasteiger partial charge in [-0.15, -0.1) is 0 Å². The van der Waals surface area contributed by atoms with Crippen LogP contribution in [0.25, 0.3) is 0 Å². The standard InChI is InChI=1S/C11H13ClN4O2S/c1-16-11(4-5-14-16)15-19(17,18)9-3-2-8(7-13)10(12)6-9/h2-6,15H,7,13H2,1H3. The van der Waals surface area contributed by atoms with Crippen molar-refractivity contribution in [2.45, 2.75) is 11.4 Å². The van der Waals surface area contributed by atoms with Crippen molar-refractivity contribution in [2.75, 3.05) is 4.72 Å². The highest BCUT2D eigenvalue weighted by molar-refractivity contribution is 7.92. The van der Waals surface area contributed by atoms with E-state index in [1.807, 2.05) is 0 Å². The molecule has 0 aliphatic rings. The van der Waals surface area contributed by atoms with E-state index >= 15 is 0 Å². The SMILES string of the molecule is Cn1nccc1NS(=O)(=O)c1ccc(CN)c(Cl)c1. The van der Waals surface area contributed by atoms with Gasteiger partial charge in [0.2, 0.25) is 0 Å². The molecule has 0 unspecified atom stereocenters. The van der Waals surface area contributed by atoms with E-state index in [1.54, 1.807) is 19.2 Å². The van der Waals surface area contributed by atoms with E-state index in [2.05, 4.69) is 9.82 Å². The Hall–Kier alpha value is -1.57. The second-order valence-electron chi connectivity index (χ2n) is 3.90. The maximum atomic E-state index is 12.2. The molecular formula is C11H13ClN4O2S. The van der Waals surface area contributed by atoms with E-state index in [4.69, 9.17) is 17.3 Å². The molecule has 102 valence electrons. The molecule has 0 aliphatic heterocycles. The first kappa shape index (κ1) is 13.9. The summed E-state index contributed by atoms with van der Waals surface area (Å²) in [6.07, 6.45) is 1.50. The zero-order chi connectivity index (χ0) is 14.0. The minimum absolute atomic E-state index is 0.0795. The number of nitrogens with zero attached hydrogens (tertiary/aromatic N) is 2. The molecule has 0 saturated heterocycles. The van der Waals surface area contributed by atoms with E-state index in [1.165, 1.54) is 23.0 Å². The third-order valence-corrected chi connectivity index (χ3v) is 4.32. The Kier molecular flexibility index (Phi) is 3.79. The highest BCUT2D eigenvalue weighted by Gasteiger charge is 2.17. The third kappa shape index (κ3) is 2.89. The zero-order valence-corrected chi connectivity index (χ0v) is 11.7. The molecule has 1 aromatic carbocycles. The monoisotopic (exact) mass is 300 g/mol. The summed E-state index contributed by atoms with van der Waals surface area (Å²) in [7, 11) is -2.05. The fourth-order valence-corrected chi connectivity index (χ4v) is 2.97. The molecule has 0 fully saturated rings. The van der Waals surface area contributed by atoms with Gasteiger partial charge in [-0.2, -0.15) is 5.10 Å². The van der Waals surface area contributed by atoms with Crippen LogP contribution in [0, 0.1) is 0 Å². The van der Waals surface area contributed by atoms with Crippen LogP contribution in [0.15, 0.2) is 35.4 Å². The van der Waals surface area contributed by atoms with Gasteiger partial charge in [0.15, 0.2) is 0 Å². The Morgan fingerprint density at radius 2 is 2.16 bits per heavy atom. The molecule has 8 heteroatoms. The van der Waals surface area contributed by atoms with Gasteiger partial charge >= 0.3 is 0 Å². The van der Waals surface area contributed by atoms with E-state index < -0.39 is 10.0 Å². The number of benzene rings is 1. The van der Waals surface area contributed by atoms with Crippen LogP contribution < -0.4 is 10.5 Å². The summed E-state index contributed by atoms with van der Waals surface area (Å²) in [4.78, 5) is 0.0795. The van der Waals surface area contributed by atoms with Crippen LogP contribution in [-0.4, -0.2) is 18.2 Å². The van der Waals surface area contributed by atoms with Crippen LogP contribution in [0.1, 0.15) is 5.56 Å². The minimum atomic E-state index is -3.69. The number of nitrogens with two attached hydrogens (primary N) is 1. The van der Waals surface area contributed by atoms with Crippen molar-refractivity contribution in [3.63, 3.8) is 0 Å². The maximum absolute atomic E-state index is 12.2. The largest absolute Gasteiger partial charge is 0.326 e. The van der Waals surface area contributed by atoms with Gasteiger partial charge in [0, 0.05) is 24.7 Å². The molecule has 2 rings (SSSR count). The molecule has 0 amide bonds. The first-order chi connectivity index (χ1) is 8.94. The van der Waals surface area contributed by atoms with Crippen molar-refractivity contribution in [3.05, 3.63) is 41.0 Å². The molecule has 0 spiro atoms. The van der Waals surface area contributed by atoms with Crippen LogP contribution in [0.3, 0.4) is 0 Å². The predicted octanol–water partition coefficient (Wildman–Crippen LogP) is 1.33. The van der Waals surface area contributed by atoms with Gasteiger partial charge in [-0.1, -0.05) is 17.7 Å². The van der Waals surface area contributed by atoms with Crippen molar-refractivity contribution < 1.29 is 8.42 Å². The average molecular weight is 301 g/mol. The van der Waals surface area contributed by atoms with Crippen LogP contribution >= 0.6 is 11.6 Å². The fraction of sp³-hybridized carbons (Fsp3) is 0.182. The molecule has 3 N–H and O–H groups in total. The topological polar surface area (TPSA) is 90.0 Å². The lowest BCUT2D eigenvalue weighted by Gasteiger charge is -2.09. The number of anilines is 1. The average Bonchev–Trinajstić information content (AvgIpc) is 2.74. The molecule has 19 heavy (non-hydrogen) atoms. The summed E-state index contributed by atoms with van der Waals surface area (Å²) in [6, 6.07) is 6.00. The smallest absolute Gasteiger partial charge is 0.263 e. The predicted molar refractivity (Wildman–Crippen MR) is 73.4 cm³/mol. The molecule has 1 aromatic heterocycles.